The molecule has 2 aromatic carbocycles. The minimum Gasteiger partial charge on any atom is -0.493 e. The highest BCUT2D eigenvalue weighted by molar-refractivity contribution is 5.81. The van der Waals surface area contributed by atoms with E-state index in [1.165, 1.54) is 0 Å². The van der Waals surface area contributed by atoms with Gasteiger partial charge in [-0.1, -0.05) is 49.4 Å². The molecule has 0 saturated heterocycles. The molecule has 1 N–H and O–H groups in total. The van der Waals surface area contributed by atoms with Crippen molar-refractivity contribution < 1.29 is 19.0 Å². The lowest BCUT2D eigenvalue weighted by molar-refractivity contribution is -0.128. The van der Waals surface area contributed by atoms with Gasteiger partial charge in [0.15, 0.2) is 17.6 Å². The van der Waals surface area contributed by atoms with E-state index < -0.39 is 6.10 Å². The normalized spacial score (nSPS) is 11.6. The highest BCUT2D eigenvalue weighted by Gasteiger charge is 2.19. The van der Waals surface area contributed by atoms with Crippen LogP contribution in [-0.4, -0.2) is 32.3 Å². The molecule has 0 saturated carbocycles. The summed E-state index contributed by atoms with van der Waals surface area (Å²) in [4.78, 5) is 12.3. The lowest BCUT2D eigenvalue weighted by atomic mass is 10.2. The molecular formula is C20H25NO4. The molecule has 0 aromatic heterocycles. The van der Waals surface area contributed by atoms with E-state index >= 15 is 0 Å². The molecule has 0 bridgehead atoms. The minimum atomic E-state index is -0.564. The van der Waals surface area contributed by atoms with Gasteiger partial charge in [0.25, 0.3) is 5.91 Å². The van der Waals surface area contributed by atoms with E-state index in [4.69, 9.17) is 14.2 Å². The first-order valence-electron chi connectivity index (χ1n) is 8.43. The fraction of sp³-hybridized carbons (Fsp3) is 0.350. The second-order valence-corrected chi connectivity index (χ2v) is 5.49. The quantitative estimate of drug-likeness (QED) is 0.673. The van der Waals surface area contributed by atoms with Crippen LogP contribution < -0.4 is 14.8 Å². The van der Waals surface area contributed by atoms with Crippen molar-refractivity contribution in [1.29, 1.82) is 0 Å². The van der Waals surface area contributed by atoms with Crippen molar-refractivity contribution in [2.75, 3.05) is 20.3 Å². The third-order valence-electron chi connectivity index (χ3n) is 3.66. The minimum absolute atomic E-state index is 0.156. The van der Waals surface area contributed by atoms with Gasteiger partial charge in [-0.15, -0.1) is 0 Å². The Kier molecular flexibility index (Phi) is 7.79. The first-order valence-corrected chi connectivity index (χ1v) is 8.43. The van der Waals surface area contributed by atoms with Crippen molar-refractivity contribution in [2.24, 2.45) is 0 Å². The van der Waals surface area contributed by atoms with Crippen molar-refractivity contribution in [1.82, 2.24) is 5.32 Å². The molecule has 1 atom stereocenters. The molecule has 2 aromatic rings. The molecule has 134 valence electrons. The molecular weight excluding hydrogens is 318 g/mol. The van der Waals surface area contributed by atoms with E-state index in [9.17, 15) is 4.79 Å². The van der Waals surface area contributed by atoms with Crippen LogP contribution in [0.1, 0.15) is 18.9 Å². The SMILES string of the molecule is CC[C@@H](Oc1ccccc1OC)C(=O)NCCOCc1ccccc1. The molecule has 0 aliphatic heterocycles. The zero-order valence-electron chi connectivity index (χ0n) is 14.7. The number of carbonyl (C=O) groups excluding carboxylic acids is 1. The van der Waals surface area contributed by atoms with Crippen molar-refractivity contribution in [3.05, 3.63) is 60.2 Å². The number of nitrogens with one attached hydrogen (secondary N) is 1. The summed E-state index contributed by atoms with van der Waals surface area (Å²) in [7, 11) is 1.58. The van der Waals surface area contributed by atoms with Crippen LogP contribution in [0.3, 0.4) is 0 Å². The van der Waals surface area contributed by atoms with Gasteiger partial charge in [-0.3, -0.25) is 4.79 Å². The Morgan fingerprint density at radius 3 is 2.40 bits per heavy atom. The Labute approximate surface area is 148 Å². The van der Waals surface area contributed by atoms with Gasteiger partial charge in [0.2, 0.25) is 0 Å². The molecule has 0 spiro atoms. The molecule has 5 nitrogen and oxygen atoms in total. The van der Waals surface area contributed by atoms with E-state index in [1.807, 2.05) is 49.4 Å². The summed E-state index contributed by atoms with van der Waals surface area (Å²) >= 11 is 0. The van der Waals surface area contributed by atoms with Crippen LogP contribution in [0.4, 0.5) is 0 Å². The Morgan fingerprint density at radius 1 is 1.04 bits per heavy atom. The predicted octanol–water partition coefficient (Wildman–Crippen LogP) is 3.19. The molecule has 0 heterocycles. The standard InChI is InChI=1S/C20H25NO4/c1-3-17(25-19-12-8-7-11-18(19)23-2)20(22)21-13-14-24-15-16-9-5-4-6-10-16/h4-12,17H,3,13-15H2,1-2H3,(H,21,22)/t17-/m1/s1. The van der Waals surface area contributed by atoms with Crippen molar-refractivity contribution in [3.8, 4) is 11.5 Å². The Balaban J connectivity index is 1.74. The van der Waals surface area contributed by atoms with E-state index in [2.05, 4.69) is 5.32 Å². The summed E-state index contributed by atoms with van der Waals surface area (Å²) in [5.41, 5.74) is 1.11. The van der Waals surface area contributed by atoms with Crippen molar-refractivity contribution in [2.45, 2.75) is 26.1 Å². The lowest BCUT2D eigenvalue weighted by Gasteiger charge is -2.18. The average Bonchev–Trinajstić information content (AvgIpc) is 2.66. The average molecular weight is 343 g/mol. The fourth-order valence-electron chi connectivity index (χ4n) is 2.32. The highest BCUT2D eigenvalue weighted by atomic mass is 16.5. The molecule has 0 unspecified atom stereocenters. The topological polar surface area (TPSA) is 56.8 Å². The van der Waals surface area contributed by atoms with Crippen LogP contribution in [0.5, 0.6) is 11.5 Å². The molecule has 0 radical (unpaired) electrons. The van der Waals surface area contributed by atoms with E-state index in [0.717, 1.165) is 5.56 Å². The molecule has 0 aliphatic carbocycles. The van der Waals surface area contributed by atoms with Gasteiger partial charge >= 0.3 is 0 Å². The number of rotatable bonds is 10. The van der Waals surface area contributed by atoms with Gasteiger partial charge in [0.1, 0.15) is 0 Å². The summed E-state index contributed by atoms with van der Waals surface area (Å²) in [6.45, 7) is 3.33. The second kappa shape index (κ2) is 10.4. The second-order valence-electron chi connectivity index (χ2n) is 5.49. The number of hydrogen-bond acceptors (Lipinski definition) is 4. The molecule has 0 fully saturated rings. The monoisotopic (exact) mass is 343 g/mol. The first kappa shape index (κ1) is 18.8. The maximum atomic E-state index is 12.3. The maximum Gasteiger partial charge on any atom is 0.261 e. The third-order valence-corrected chi connectivity index (χ3v) is 3.66. The number of carbonyl (C=O) groups is 1. The molecule has 1 amide bonds. The first-order chi connectivity index (χ1) is 12.2. The van der Waals surface area contributed by atoms with Gasteiger partial charge in [-0.25, -0.2) is 0 Å². The number of para-hydroxylation sites is 2. The van der Waals surface area contributed by atoms with Gasteiger partial charge < -0.3 is 19.5 Å². The smallest absolute Gasteiger partial charge is 0.261 e. The van der Waals surface area contributed by atoms with Gasteiger partial charge in [0, 0.05) is 6.54 Å². The van der Waals surface area contributed by atoms with E-state index in [0.29, 0.717) is 37.7 Å². The molecule has 2 rings (SSSR count). The maximum absolute atomic E-state index is 12.3. The largest absolute Gasteiger partial charge is 0.493 e. The summed E-state index contributed by atoms with van der Waals surface area (Å²) in [6, 6.07) is 17.2. The highest BCUT2D eigenvalue weighted by Crippen LogP contribution is 2.27. The van der Waals surface area contributed by atoms with E-state index in [1.54, 1.807) is 19.2 Å². The third kappa shape index (κ3) is 6.12. The van der Waals surface area contributed by atoms with Crippen LogP contribution in [0.15, 0.2) is 54.6 Å². The van der Waals surface area contributed by atoms with E-state index in [-0.39, 0.29) is 5.91 Å². The zero-order chi connectivity index (χ0) is 17.9. The summed E-state index contributed by atoms with van der Waals surface area (Å²) < 4.78 is 16.6. The Hall–Kier alpha value is -2.53. The number of amides is 1. The Bertz CT molecular complexity index is 645. The van der Waals surface area contributed by atoms with Gasteiger partial charge in [-0.2, -0.15) is 0 Å². The number of benzene rings is 2. The van der Waals surface area contributed by atoms with Crippen LogP contribution >= 0.6 is 0 Å². The van der Waals surface area contributed by atoms with Crippen molar-refractivity contribution in [3.63, 3.8) is 0 Å². The van der Waals surface area contributed by atoms with Crippen LogP contribution in [0, 0.1) is 0 Å². The van der Waals surface area contributed by atoms with Crippen LogP contribution in [0.25, 0.3) is 0 Å². The lowest BCUT2D eigenvalue weighted by Crippen LogP contribution is -2.39. The summed E-state index contributed by atoms with van der Waals surface area (Å²) in [5, 5.41) is 2.85. The Morgan fingerprint density at radius 2 is 1.72 bits per heavy atom. The number of hydrogen-bond donors (Lipinski definition) is 1. The van der Waals surface area contributed by atoms with Gasteiger partial charge in [0.05, 0.1) is 20.3 Å². The summed E-state index contributed by atoms with van der Waals surface area (Å²) in [6.07, 6.45) is -0.000182. The van der Waals surface area contributed by atoms with Gasteiger partial charge in [-0.05, 0) is 24.1 Å². The summed E-state index contributed by atoms with van der Waals surface area (Å²) in [5.74, 6) is 1.02. The predicted molar refractivity (Wildman–Crippen MR) is 96.8 cm³/mol. The van der Waals surface area contributed by atoms with Crippen LogP contribution in [-0.2, 0) is 16.1 Å². The fourth-order valence-corrected chi connectivity index (χ4v) is 2.32. The number of methoxy groups -OCH3 is 1. The zero-order valence-corrected chi connectivity index (χ0v) is 14.7. The molecule has 0 aliphatic rings. The van der Waals surface area contributed by atoms with Crippen LogP contribution in [0.2, 0.25) is 0 Å². The molecule has 25 heavy (non-hydrogen) atoms. The molecule has 5 heteroatoms. The number of ether oxygens (including phenoxy) is 3. The van der Waals surface area contributed by atoms with Crippen molar-refractivity contribution >= 4 is 5.91 Å².